The summed E-state index contributed by atoms with van der Waals surface area (Å²) in [4.78, 5) is 27.7. The zero-order chi connectivity index (χ0) is 14.3. The lowest BCUT2D eigenvalue weighted by Crippen LogP contribution is -2.16. The summed E-state index contributed by atoms with van der Waals surface area (Å²) in [6.07, 6.45) is 1.36. The number of carbonyl (C=O) groups is 1. The second-order valence-electron chi connectivity index (χ2n) is 4.22. The van der Waals surface area contributed by atoms with Gasteiger partial charge in [-0.25, -0.2) is 14.8 Å². The highest BCUT2D eigenvalue weighted by Gasteiger charge is 2.24. The summed E-state index contributed by atoms with van der Waals surface area (Å²) in [6.45, 7) is 1.94. The van der Waals surface area contributed by atoms with Crippen molar-refractivity contribution >= 4 is 54.7 Å². The Bertz CT molecular complexity index is 753. The first-order chi connectivity index (χ1) is 9.60. The van der Waals surface area contributed by atoms with E-state index in [1.807, 2.05) is 19.1 Å². The van der Waals surface area contributed by atoms with Crippen LogP contribution in [0.3, 0.4) is 0 Å². The van der Waals surface area contributed by atoms with Crippen LogP contribution in [0.25, 0.3) is 0 Å². The van der Waals surface area contributed by atoms with Gasteiger partial charge in [0.15, 0.2) is 11.7 Å². The van der Waals surface area contributed by atoms with Crippen LogP contribution in [0.2, 0.25) is 0 Å². The Hall–Kier alpha value is -1.99. The van der Waals surface area contributed by atoms with Crippen molar-refractivity contribution in [2.24, 2.45) is 20.0 Å². The summed E-state index contributed by atoms with van der Waals surface area (Å²) in [5, 5.41) is 0. The normalized spacial score (nSPS) is 15.8. The Morgan fingerprint density at radius 1 is 1.14 bits per heavy atom. The molecule has 2 amide bonds. The minimum Gasteiger partial charge on any atom is -0.495 e. The van der Waals surface area contributed by atoms with Crippen LogP contribution in [0.4, 0.5) is 4.79 Å². The van der Waals surface area contributed by atoms with E-state index < -0.39 is 6.03 Å². The predicted molar refractivity (Wildman–Crippen MR) is 87.5 cm³/mol. The van der Waals surface area contributed by atoms with E-state index >= 15 is 0 Å². The van der Waals surface area contributed by atoms with Crippen LogP contribution in [-0.4, -0.2) is 36.7 Å². The molecule has 0 aromatic heterocycles. The number of benzene rings is 1. The number of aryl methyl sites for hydroxylation is 1. The number of halogens is 1. The van der Waals surface area contributed by atoms with Gasteiger partial charge in [-0.3, -0.25) is 0 Å². The van der Waals surface area contributed by atoms with Gasteiger partial charge in [0, 0.05) is 4.90 Å². The van der Waals surface area contributed by atoms with Crippen LogP contribution < -0.4 is 4.74 Å². The fraction of sp³-hybridized carbons (Fsp3) is 0.154. The van der Waals surface area contributed by atoms with Gasteiger partial charge in [0.2, 0.25) is 0 Å². The lowest BCUT2D eigenvalue weighted by Gasteiger charge is -2.11. The van der Waals surface area contributed by atoms with Crippen LogP contribution in [0.1, 0.15) is 11.1 Å². The van der Waals surface area contributed by atoms with Gasteiger partial charge < -0.3 is 4.74 Å². The maximum absolute atomic E-state index is 11.1. The number of urea groups is 1. The molecule has 8 heteroatoms. The molecule has 0 saturated heterocycles. The highest BCUT2D eigenvalue weighted by molar-refractivity contribution is 7.80. The first-order valence-electron chi connectivity index (χ1n) is 5.81. The van der Waals surface area contributed by atoms with Crippen molar-refractivity contribution in [3.8, 4) is 5.75 Å². The molecule has 0 atom stereocenters. The Morgan fingerprint density at radius 3 is 2.62 bits per heavy atom. The van der Waals surface area contributed by atoms with E-state index in [1.54, 1.807) is 7.11 Å². The van der Waals surface area contributed by atoms with E-state index in [4.69, 9.17) is 4.74 Å². The number of carbonyl (C=O) groups excluding carboxylic acids is 1. The van der Waals surface area contributed by atoms with E-state index in [9.17, 15) is 4.79 Å². The molecule has 0 saturated carbocycles. The molecule has 2 heterocycles. The lowest BCUT2D eigenvalue weighted by molar-refractivity contribution is 0.257. The minimum absolute atomic E-state index is 0. The molecule has 0 radical (unpaired) electrons. The average Bonchev–Trinajstić information content (AvgIpc) is 2.84. The van der Waals surface area contributed by atoms with E-state index in [1.165, 1.54) is 6.21 Å². The monoisotopic (exact) mass is 322 g/mol. The summed E-state index contributed by atoms with van der Waals surface area (Å²) in [6, 6.07) is 3.19. The summed E-state index contributed by atoms with van der Waals surface area (Å²) in [5.74, 6) is 1.31. The summed E-state index contributed by atoms with van der Waals surface area (Å²) < 4.78 is 5.38. The van der Waals surface area contributed by atoms with Crippen molar-refractivity contribution in [1.82, 2.24) is 0 Å². The summed E-state index contributed by atoms with van der Waals surface area (Å²) in [5.41, 5.74) is 2.17. The van der Waals surface area contributed by atoms with E-state index in [0.717, 1.165) is 10.5 Å². The molecule has 0 fully saturated rings. The molecule has 2 aliphatic heterocycles. The summed E-state index contributed by atoms with van der Waals surface area (Å²) in [7, 11) is 1.57. The molecule has 3 rings (SSSR count). The molecule has 0 spiro atoms. The number of ether oxygens (including phenoxy) is 1. The van der Waals surface area contributed by atoms with Gasteiger partial charge >= 0.3 is 6.03 Å². The molecule has 21 heavy (non-hydrogen) atoms. The number of nitrogens with zero attached hydrogens (tertiary/aromatic N) is 4. The highest BCUT2D eigenvalue weighted by atomic mass is 35.5. The van der Waals surface area contributed by atoms with Crippen LogP contribution in [0, 0.1) is 6.92 Å². The Kier molecular flexibility index (Phi) is 4.24. The highest BCUT2D eigenvalue weighted by Crippen LogP contribution is 2.31. The first-order valence-corrected chi connectivity index (χ1v) is 6.26. The minimum atomic E-state index is -0.574. The number of amidine groups is 2. The number of methoxy groups -OCH3 is 1. The van der Waals surface area contributed by atoms with Crippen LogP contribution in [0.5, 0.6) is 5.75 Å². The number of amides is 2. The molecule has 0 bridgehead atoms. The molecular formula is C13H11ClN4O2S. The number of hydrogen-bond donors (Lipinski definition) is 1. The largest absolute Gasteiger partial charge is 0.495 e. The van der Waals surface area contributed by atoms with Gasteiger partial charge in [-0.15, -0.1) is 25.0 Å². The Labute approximate surface area is 132 Å². The van der Waals surface area contributed by atoms with Crippen LogP contribution in [0.15, 0.2) is 37.0 Å². The lowest BCUT2D eigenvalue weighted by atomic mass is 10.1. The third kappa shape index (κ3) is 2.62. The molecule has 0 aliphatic carbocycles. The average molecular weight is 323 g/mol. The van der Waals surface area contributed by atoms with Gasteiger partial charge in [0.25, 0.3) is 0 Å². The summed E-state index contributed by atoms with van der Waals surface area (Å²) >= 11 is 4.43. The number of thiol groups is 1. The van der Waals surface area contributed by atoms with Crippen LogP contribution in [-0.2, 0) is 0 Å². The smallest absolute Gasteiger partial charge is 0.369 e. The number of aliphatic imine (C=N–C) groups is 4. The van der Waals surface area contributed by atoms with E-state index in [-0.39, 0.29) is 18.2 Å². The second kappa shape index (κ2) is 5.79. The quantitative estimate of drug-likeness (QED) is 0.849. The van der Waals surface area contributed by atoms with Crippen molar-refractivity contribution < 1.29 is 9.53 Å². The molecular weight excluding hydrogens is 312 g/mol. The van der Waals surface area contributed by atoms with Gasteiger partial charge in [0.05, 0.1) is 18.9 Å². The van der Waals surface area contributed by atoms with Crippen molar-refractivity contribution in [1.29, 1.82) is 0 Å². The molecule has 108 valence electrons. The molecule has 0 unspecified atom stereocenters. The molecule has 1 aromatic carbocycles. The van der Waals surface area contributed by atoms with Crippen molar-refractivity contribution in [2.45, 2.75) is 11.8 Å². The van der Waals surface area contributed by atoms with E-state index in [2.05, 4.69) is 32.6 Å². The van der Waals surface area contributed by atoms with E-state index in [0.29, 0.717) is 22.9 Å². The van der Waals surface area contributed by atoms with Crippen molar-refractivity contribution in [3.63, 3.8) is 0 Å². The fourth-order valence-electron chi connectivity index (χ4n) is 1.92. The number of rotatable bonds is 2. The second-order valence-corrected chi connectivity index (χ2v) is 4.67. The Morgan fingerprint density at radius 2 is 1.90 bits per heavy atom. The maximum atomic E-state index is 11.1. The van der Waals surface area contributed by atoms with Crippen molar-refractivity contribution in [2.75, 3.05) is 7.11 Å². The zero-order valence-corrected chi connectivity index (χ0v) is 12.9. The Balaban J connectivity index is 0.00000161. The molecule has 0 N–H and O–H groups in total. The predicted octanol–water partition coefficient (Wildman–Crippen LogP) is 2.52. The fourth-order valence-corrected chi connectivity index (χ4v) is 2.21. The third-order valence-electron chi connectivity index (χ3n) is 2.94. The van der Waals surface area contributed by atoms with Crippen LogP contribution >= 0.6 is 25.0 Å². The first kappa shape index (κ1) is 15.4. The number of hydrogen-bond acceptors (Lipinski definition) is 5. The third-order valence-corrected chi connectivity index (χ3v) is 3.50. The molecule has 2 aliphatic rings. The SMILES string of the molecule is COc1c(C2=NC3=NC(=O)N=CC3=N2)ccc(C)c1S.Cl. The van der Waals surface area contributed by atoms with Crippen molar-refractivity contribution in [3.05, 3.63) is 23.3 Å². The maximum Gasteiger partial charge on any atom is 0.369 e. The zero-order valence-electron chi connectivity index (χ0n) is 11.2. The van der Waals surface area contributed by atoms with Gasteiger partial charge in [-0.1, -0.05) is 6.07 Å². The number of fused-ring (bicyclic) bond motifs is 1. The van der Waals surface area contributed by atoms with Gasteiger partial charge in [-0.05, 0) is 18.6 Å². The van der Waals surface area contributed by atoms with Gasteiger partial charge in [0.1, 0.15) is 11.5 Å². The standard InChI is InChI=1S/C13H10N4O2S.ClH/c1-6-3-4-7(9(19-2)10(6)20)11-15-8-5-14-13(18)17-12(8)16-11;/h3-5,20H,1-2H3;1H. The molecule has 6 nitrogen and oxygen atoms in total. The molecule has 1 aromatic rings. The van der Waals surface area contributed by atoms with Gasteiger partial charge in [-0.2, -0.15) is 9.98 Å². The topological polar surface area (TPSA) is 75.7 Å².